The van der Waals surface area contributed by atoms with E-state index in [1.807, 2.05) is 24.3 Å². The molecule has 3 aromatic rings. The maximum Gasteiger partial charge on any atom is 0.227 e. The van der Waals surface area contributed by atoms with Crippen molar-refractivity contribution in [2.45, 2.75) is 19.4 Å². The van der Waals surface area contributed by atoms with Gasteiger partial charge in [-0.25, -0.2) is 4.39 Å². The molecule has 2 aromatic carbocycles. The van der Waals surface area contributed by atoms with E-state index in [-0.39, 0.29) is 17.3 Å². The van der Waals surface area contributed by atoms with Gasteiger partial charge in [0.15, 0.2) is 11.6 Å². The highest BCUT2D eigenvalue weighted by Gasteiger charge is 2.11. The van der Waals surface area contributed by atoms with Crippen molar-refractivity contribution in [3.63, 3.8) is 0 Å². The first-order valence-electron chi connectivity index (χ1n) is 8.40. The molecular formula is C21H19FO5. The predicted molar refractivity (Wildman–Crippen MR) is 98.4 cm³/mol. The summed E-state index contributed by atoms with van der Waals surface area (Å²) < 4.78 is 24.1. The first-order valence-corrected chi connectivity index (χ1v) is 8.40. The van der Waals surface area contributed by atoms with Gasteiger partial charge < -0.3 is 19.4 Å². The molecule has 2 N–H and O–H groups in total. The molecule has 0 spiro atoms. The molecule has 6 heteroatoms. The standard InChI is InChI=1S/C21H19FO5/c1-26-19-9-7-15(10-17(19)22)14-5-2-13(3-6-14)4-8-20-21(25)18(24)11-16(12-23)27-20/h2-3,5-7,9-11,23,25H,4,8,12H2,1H3. The van der Waals surface area contributed by atoms with Crippen molar-refractivity contribution in [1.29, 1.82) is 0 Å². The summed E-state index contributed by atoms with van der Waals surface area (Å²) >= 11 is 0. The van der Waals surface area contributed by atoms with Gasteiger partial charge in [0.25, 0.3) is 0 Å². The summed E-state index contributed by atoms with van der Waals surface area (Å²) in [5, 5.41) is 18.9. The molecule has 0 saturated carbocycles. The van der Waals surface area contributed by atoms with Gasteiger partial charge in [0.2, 0.25) is 11.2 Å². The molecule has 0 aliphatic carbocycles. The van der Waals surface area contributed by atoms with Crippen molar-refractivity contribution in [3.05, 3.63) is 81.7 Å². The van der Waals surface area contributed by atoms with Crippen molar-refractivity contribution in [2.24, 2.45) is 0 Å². The molecule has 1 heterocycles. The fraction of sp³-hybridized carbons (Fsp3) is 0.190. The van der Waals surface area contributed by atoms with Crippen molar-refractivity contribution in [2.75, 3.05) is 7.11 Å². The van der Waals surface area contributed by atoms with Gasteiger partial charge in [0.05, 0.1) is 7.11 Å². The molecule has 0 fully saturated rings. The van der Waals surface area contributed by atoms with Crippen LogP contribution in [-0.4, -0.2) is 17.3 Å². The van der Waals surface area contributed by atoms with Gasteiger partial charge in [0.1, 0.15) is 18.1 Å². The third-order valence-electron chi connectivity index (χ3n) is 4.28. The van der Waals surface area contributed by atoms with Crippen LogP contribution >= 0.6 is 0 Å². The zero-order valence-electron chi connectivity index (χ0n) is 14.7. The first kappa shape index (κ1) is 18.7. The minimum absolute atomic E-state index is 0.115. The van der Waals surface area contributed by atoms with E-state index in [4.69, 9.17) is 14.3 Å². The summed E-state index contributed by atoms with van der Waals surface area (Å²) in [6.07, 6.45) is 0.841. The van der Waals surface area contributed by atoms with Crippen LogP contribution in [0, 0.1) is 5.82 Å². The average Bonchev–Trinajstić information content (AvgIpc) is 2.69. The first-order chi connectivity index (χ1) is 13.0. The van der Waals surface area contributed by atoms with Gasteiger partial charge in [-0.05, 0) is 35.2 Å². The number of rotatable bonds is 6. The van der Waals surface area contributed by atoms with E-state index in [0.717, 1.165) is 22.8 Å². The number of aliphatic hydroxyl groups excluding tert-OH is 1. The van der Waals surface area contributed by atoms with E-state index in [0.29, 0.717) is 12.8 Å². The van der Waals surface area contributed by atoms with Crippen LogP contribution in [0.5, 0.6) is 11.5 Å². The molecule has 0 saturated heterocycles. The highest BCUT2D eigenvalue weighted by molar-refractivity contribution is 5.64. The monoisotopic (exact) mass is 370 g/mol. The zero-order valence-corrected chi connectivity index (χ0v) is 14.7. The molecular weight excluding hydrogens is 351 g/mol. The Hall–Kier alpha value is -3.12. The van der Waals surface area contributed by atoms with Gasteiger partial charge in [-0.2, -0.15) is 0 Å². The average molecular weight is 370 g/mol. The number of hydrogen-bond donors (Lipinski definition) is 2. The molecule has 0 aliphatic heterocycles. The fourth-order valence-electron chi connectivity index (χ4n) is 2.80. The van der Waals surface area contributed by atoms with E-state index in [9.17, 15) is 14.3 Å². The number of benzene rings is 2. The summed E-state index contributed by atoms with van der Waals surface area (Å²) in [7, 11) is 1.42. The van der Waals surface area contributed by atoms with Crippen molar-refractivity contribution >= 4 is 0 Å². The molecule has 0 bridgehead atoms. The molecule has 1 aromatic heterocycles. The van der Waals surface area contributed by atoms with Crippen molar-refractivity contribution in [1.82, 2.24) is 0 Å². The highest BCUT2D eigenvalue weighted by Crippen LogP contribution is 2.26. The van der Waals surface area contributed by atoms with Crippen molar-refractivity contribution < 1.29 is 23.8 Å². The molecule has 0 amide bonds. The number of methoxy groups -OCH3 is 1. The van der Waals surface area contributed by atoms with E-state index in [1.165, 1.54) is 13.2 Å². The minimum Gasteiger partial charge on any atom is -0.502 e. The largest absolute Gasteiger partial charge is 0.502 e. The highest BCUT2D eigenvalue weighted by atomic mass is 19.1. The summed E-state index contributed by atoms with van der Waals surface area (Å²) in [5.74, 6) is -0.398. The lowest BCUT2D eigenvalue weighted by Crippen LogP contribution is -2.05. The maximum absolute atomic E-state index is 13.9. The van der Waals surface area contributed by atoms with Crippen LogP contribution < -0.4 is 10.2 Å². The van der Waals surface area contributed by atoms with Gasteiger partial charge >= 0.3 is 0 Å². The van der Waals surface area contributed by atoms with E-state index in [1.54, 1.807) is 12.1 Å². The second-order valence-electron chi connectivity index (χ2n) is 6.05. The minimum atomic E-state index is -0.572. The zero-order chi connectivity index (χ0) is 19.4. The molecule has 0 aliphatic rings. The Morgan fingerprint density at radius 3 is 2.37 bits per heavy atom. The Labute approximate surface area is 155 Å². The van der Waals surface area contributed by atoms with E-state index >= 15 is 0 Å². The maximum atomic E-state index is 13.9. The Kier molecular flexibility index (Phi) is 5.57. The van der Waals surface area contributed by atoms with Crippen LogP contribution in [0.25, 0.3) is 11.1 Å². The fourth-order valence-corrected chi connectivity index (χ4v) is 2.80. The third kappa shape index (κ3) is 4.17. The lowest BCUT2D eigenvalue weighted by atomic mass is 10.0. The summed E-state index contributed by atoms with van der Waals surface area (Å²) in [6, 6.07) is 13.4. The molecule has 3 rings (SSSR count). The lowest BCUT2D eigenvalue weighted by molar-refractivity contribution is 0.235. The Morgan fingerprint density at radius 2 is 1.74 bits per heavy atom. The number of aryl methyl sites for hydroxylation is 2. The number of ether oxygens (including phenoxy) is 1. The van der Waals surface area contributed by atoms with E-state index in [2.05, 4.69) is 0 Å². The topological polar surface area (TPSA) is 79.9 Å². The normalized spacial score (nSPS) is 10.8. The SMILES string of the molecule is COc1ccc(-c2ccc(CCc3oc(CO)cc(=O)c3O)cc2)cc1F. The summed E-state index contributed by atoms with van der Waals surface area (Å²) in [4.78, 5) is 11.6. The Balaban J connectivity index is 1.74. The second-order valence-corrected chi connectivity index (χ2v) is 6.05. The Bertz CT molecular complexity index is 992. The number of hydrogen-bond acceptors (Lipinski definition) is 5. The number of halogens is 1. The predicted octanol–water partition coefficient (Wildman–Crippen LogP) is 3.44. The number of aliphatic hydroxyl groups is 1. The van der Waals surface area contributed by atoms with Gasteiger partial charge in [-0.15, -0.1) is 0 Å². The molecule has 0 radical (unpaired) electrons. The molecule has 27 heavy (non-hydrogen) atoms. The van der Waals surface area contributed by atoms with Gasteiger partial charge in [-0.1, -0.05) is 30.3 Å². The van der Waals surface area contributed by atoms with Gasteiger partial charge in [0, 0.05) is 12.5 Å². The van der Waals surface area contributed by atoms with Crippen LogP contribution in [0.4, 0.5) is 4.39 Å². The smallest absolute Gasteiger partial charge is 0.227 e. The van der Waals surface area contributed by atoms with Crippen LogP contribution in [-0.2, 0) is 19.4 Å². The van der Waals surface area contributed by atoms with Gasteiger partial charge in [-0.3, -0.25) is 4.79 Å². The summed E-state index contributed by atoms with van der Waals surface area (Å²) in [5.41, 5.74) is 1.98. The van der Waals surface area contributed by atoms with Crippen molar-refractivity contribution in [3.8, 4) is 22.6 Å². The van der Waals surface area contributed by atoms with E-state index < -0.39 is 23.6 Å². The van der Waals surface area contributed by atoms with Crippen LogP contribution in [0.2, 0.25) is 0 Å². The molecule has 0 atom stereocenters. The lowest BCUT2D eigenvalue weighted by Gasteiger charge is -2.08. The summed E-state index contributed by atoms with van der Waals surface area (Å²) in [6.45, 7) is -0.407. The molecule has 0 unspecified atom stereocenters. The second kappa shape index (κ2) is 8.05. The Morgan fingerprint density at radius 1 is 1.04 bits per heavy atom. The van der Waals surface area contributed by atoms with Crippen LogP contribution in [0.15, 0.2) is 57.7 Å². The van der Waals surface area contributed by atoms with Crippen LogP contribution in [0.1, 0.15) is 17.1 Å². The van der Waals surface area contributed by atoms with Crippen LogP contribution in [0.3, 0.4) is 0 Å². The molecule has 140 valence electrons. The molecule has 5 nitrogen and oxygen atoms in total. The number of aromatic hydroxyl groups is 1. The third-order valence-corrected chi connectivity index (χ3v) is 4.28. The quantitative estimate of drug-likeness (QED) is 0.695.